The Labute approximate surface area is 81.4 Å². The fourth-order valence-corrected chi connectivity index (χ4v) is 0.795. The Hall–Kier alpha value is -1.35. The number of halogens is 1. The molecule has 0 aromatic heterocycles. The largest absolute Gasteiger partial charge is 0.292 e. The summed E-state index contributed by atoms with van der Waals surface area (Å²) in [5.74, 6) is -0.259. The quantitative estimate of drug-likeness (QED) is 0.454. The van der Waals surface area contributed by atoms with Crippen molar-refractivity contribution in [2.45, 2.75) is 0 Å². The van der Waals surface area contributed by atoms with Crippen LogP contribution in [0.5, 0.6) is 0 Å². The molecular weight excluding hydrogens is 188 g/mol. The average molecular weight is 197 g/mol. The minimum absolute atomic E-state index is 0.0417. The molecule has 0 saturated carbocycles. The van der Waals surface area contributed by atoms with Gasteiger partial charge in [-0.2, -0.15) is 5.10 Å². The molecule has 0 amide bonds. The lowest BCUT2D eigenvalue weighted by Gasteiger charge is -1.96. The molecule has 68 valence electrons. The molecule has 0 heterocycles. The molecule has 1 aromatic carbocycles. The zero-order valence-electron chi connectivity index (χ0n) is 6.90. The van der Waals surface area contributed by atoms with Crippen molar-refractivity contribution in [3.8, 4) is 0 Å². The van der Waals surface area contributed by atoms with Crippen molar-refractivity contribution in [3.05, 3.63) is 30.3 Å². The predicted molar refractivity (Wildman–Crippen MR) is 54.3 cm³/mol. The first-order valence-electron chi connectivity index (χ1n) is 3.76. The number of hydrazone groups is 1. The Morgan fingerprint density at radius 2 is 2.15 bits per heavy atom. The van der Waals surface area contributed by atoms with Crippen LogP contribution >= 0.6 is 11.6 Å². The molecule has 0 bridgehead atoms. The summed E-state index contributed by atoms with van der Waals surface area (Å²) < 4.78 is 0. The summed E-state index contributed by atoms with van der Waals surface area (Å²) in [6, 6.07) is 9.35. The number of carbonyl (C=O) groups excluding carboxylic acids is 1. The van der Waals surface area contributed by atoms with Crippen LogP contribution in [0.25, 0.3) is 0 Å². The van der Waals surface area contributed by atoms with Crippen LogP contribution in [-0.4, -0.2) is 17.9 Å². The summed E-state index contributed by atoms with van der Waals surface area (Å²) in [4.78, 5) is 10.7. The topological polar surface area (TPSA) is 41.5 Å². The molecule has 0 saturated heterocycles. The number of anilines is 1. The van der Waals surface area contributed by atoms with Gasteiger partial charge in [0.15, 0.2) is 5.78 Å². The van der Waals surface area contributed by atoms with Crippen LogP contribution in [0.15, 0.2) is 35.4 Å². The van der Waals surface area contributed by atoms with E-state index in [4.69, 9.17) is 11.6 Å². The number of hydrogen-bond donors (Lipinski definition) is 1. The zero-order valence-corrected chi connectivity index (χ0v) is 7.66. The Morgan fingerprint density at radius 1 is 1.46 bits per heavy atom. The third kappa shape index (κ3) is 3.71. The Kier molecular flexibility index (Phi) is 3.99. The molecule has 0 spiro atoms. The molecule has 1 aromatic rings. The van der Waals surface area contributed by atoms with E-state index in [9.17, 15) is 4.79 Å². The van der Waals surface area contributed by atoms with E-state index in [0.29, 0.717) is 0 Å². The van der Waals surface area contributed by atoms with Crippen LogP contribution in [0.1, 0.15) is 0 Å². The number of nitrogens with zero attached hydrogens (tertiary/aromatic N) is 1. The normalized spacial score (nSPS) is 10.2. The second kappa shape index (κ2) is 5.32. The molecule has 0 aliphatic carbocycles. The highest BCUT2D eigenvalue weighted by molar-refractivity contribution is 6.41. The van der Waals surface area contributed by atoms with Crippen molar-refractivity contribution in [3.63, 3.8) is 0 Å². The van der Waals surface area contributed by atoms with Gasteiger partial charge in [0.2, 0.25) is 0 Å². The third-order valence-corrected chi connectivity index (χ3v) is 1.57. The molecule has 0 unspecified atom stereocenters. The summed E-state index contributed by atoms with van der Waals surface area (Å²) >= 11 is 5.27. The lowest BCUT2D eigenvalue weighted by atomic mass is 10.3. The van der Waals surface area contributed by atoms with E-state index in [1.807, 2.05) is 30.3 Å². The van der Waals surface area contributed by atoms with Crippen LogP contribution in [0.3, 0.4) is 0 Å². The van der Waals surface area contributed by atoms with Crippen molar-refractivity contribution in [2.24, 2.45) is 5.10 Å². The van der Waals surface area contributed by atoms with Gasteiger partial charge in [0.25, 0.3) is 0 Å². The van der Waals surface area contributed by atoms with E-state index < -0.39 is 0 Å². The molecule has 0 aliphatic rings. The Morgan fingerprint density at radius 3 is 2.77 bits per heavy atom. The highest BCUT2D eigenvalue weighted by atomic mass is 35.5. The molecule has 4 heteroatoms. The predicted octanol–water partition coefficient (Wildman–Crippen LogP) is 1.89. The van der Waals surface area contributed by atoms with Gasteiger partial charge in [0, 0.05) is 0 Å². The van der Waals surface area contributed by atoms with Crippen molar-refractivity contribution in [2.75, 3.05) is 11.3 Å². The maximum atomic E-state index is 10.7. The van der Waals surface area contributed by atoms with Crippen LogP contribution in [0.2, 0.25) is 0 Å². The number of alkyl halides is 1. The van der Waals surface area contributed by atoms with Crippen molar-refractivity contribution < 1.29 is 4.79 Å². The van der Waals surface area contributed by atoms with E-state index in [1.54, 1.807) is 0 Å². The zero-order chi connectivity index (χ0) is 9.52. The first-order chi connectivity index (χ1) is 6.33. The molecule has 1 N–H and O–H groups in total. The highest BCUT2D eigenvalue weighted by Gasteiger charge is 1.91. The molecule has 0 radical (unpaired) electrons. The second-order valence-electron chi connectivity index (χ2n) is 2.34. The smallest absolute Gasteiger partial charge is 0.190 e. The Bertz CT molecular complexity index is 298. The fraction of sp³-hybridized carbons (Fsp3) is 0.111. The maximum absolute atomic E-state index is 10.7. The maximum Gasteiger partial charge on any atom is 0.190 e. The van der Waals surface area contributed by atoms with E-state index in [-0.39, 0.29) is 11.7 Å². The van der Waals surface area contributed by atoms with Crippen LogP contribution in [0.4, 0.5) is 5.69 Å². The standard InChI is InChI=1S/C9H9ClN2O/c10-6-9(13)7-11-12-8-4-2-1-3-5-8/h1-5,7,12H,6H2/b11-7-. The van der Waals surface area contributed by atoms with Gasteiger partial charge in [-0.15, -0.1) is 11.6 Å². The number of carbonyl (C=O) groups is 1. The van der Waals surface area contributed by atoms with Gasteiger partial charge in [-0.05, 0) is 12.1 Å². The van der Waals surface area contributed by atoms with Gasteiger partial charge in [0.05, 0.1) is 17.8 Å². The van der Waals surface area contributed by atoms with Gasteiger partial charge >= 0.3 is 0 Å². The van der Waals surface area contributed by atoms with Crippen molar-refractivity contribution >= 4 is 29.3 Å². The van der Waals surface area contributed by atoms with Gasteiger partial charge in [-0.25, -0.2) is 0 Å². The number of ketones is 1. The van der Waals surface area contributed by atoms with Crippen LogP contribution in [0, 0.1) is 0 Å². The van der Waals surface area contributed by atoms with E-state index >= 15 is 0 Å². The lowest BCUT2D eigenvalue weighted by molar-refractivity contribution is -0.110. The minimum atomic E-state index is -0.218. The SMILES string of the molecule is O=C(/C=N\Nc1ccccc1)CCl. The number of rotatable bonds is 4. The summed E-state index contributed by atoms with van der Waals surface area (Å²) in [5, 5.41) is 3.70. The van der Waals surface area contributed by atoms with Crippen LogP contribution in [-0.2, 0) is 4.79 Å². The van der Waals surface area contributed by atoms with Gasteiger partial charge < -0.3 is 0 Å². The van der Waals surface area contributed by atoms with E-state index in [1.165, 1.54) is 6.21 Å². The second-order valence-corrected chi connectivity index (χ2v) is 2.60. The first kappa shape index (κ1) is 9.74. The summed E-state index contributed by atoms with van der Waals surface area (Å²) in [7, 11) is 0. The first-order valence-corrected chi connectivity index (χ1v) is 4.29. The van der Waals surface area contributed by atoms with Crippen molar-refractivity contribution in [1.29, 1.82) is 0 Å². The molecular formula is C9H9ClN2O. The number of benzene rings is 1. The van der Waals surface area contributed by atoms with Gasteiger partial charge in [-0.1, -0.05) is 18.2 Å². The van der Waals surface area contributed by atoms with Gasteiger partial charge in [0.1, 0.15) is 0 Å². The van der Waals surface area contributed by atoms with Crippen LogP contribution < -0.4 is 5.43 Å². The summed E-state index contributed by atoms with van der Waals surface area (Å²) in [5.41, 5.74) is 3.53. The lowest BCUT2D eigenvalue weighted by Crippen LogP contribution is -2.02. The summed E-state index contributed by atoms with van der Waals surface area (Å²) in [6.07, 6.45) is 1.17. The molecule has 3 nitrogen and oxygen atoms in total. The van der Waals surface area contributed by atoms with E-state index in [0.717, 1.165) is 5.69 Å². The molecule has 0 fully saturated rings. The monoisotopic (exact) mass is 196 g/mol. The van der Waals surface area contributed by atoms with Gasteiger partial charge in [-0.3, -0.25) is 10.2 Å². The molecule has 13 heavy (non-hydrogen) atoms. The fourth-order valence-electron chi connectivity index (χ4n) is 0.726. The number of para-hydroxylation sites is 1. The Balaban J connectivity index is 2.44. The van der Waals surface area contributed by atoms with E-state index in [2.05, 4.69) is 10.5 Å². The number of nitrogens with one attached hydrogen (secondary N) is 1. The number of Topliss-reactive ketones (excluding diaryl/α,β-unsaturated/α-hetero) is 1. The highest BCUT2D eigenvalue weighted by Crippen LogP contribution is 2.03. The number of hydrogen-bond acceptors (Lipinski definition) is 3. The molecule has 1 rings (SSSR count). The molecule has 0 aliphatic heterocycles. The molecule has 0 atom stereocenters. The third-order valence-electron chi connectivity index (χ3n) is 1.31. The average Bonchev–Trinajstić information content (AvgIpc) is 2.19. The van der Waals surface area contributed by atoms with Crippen molar-refractivity contribution in [1.82, 2.24) is 0 Å². The summed E-state index contributed by atoms with van der Waals surface area (Å²) in [6.45, 7) is 0. The minimum Gasteiger partial charge on any atom is -0.292 e.